The van der Waals surface area contributed by atoms with E-state index in [4.69, 9.17) is 11.6 Å². The molecule has 11 heteroatoms. The zero-order valence-corrected chi connectivity index (χ0v) is 14.4. The van der Waals surface area contributed by atoms with Crippen LogP contribution in [0.5, 0.6) is 0 Å². The van der Waals surface area contributed by atoms with Crippen LogP contribution in [0, 0.1) is 0 Å². The average Bonchev–Trinajstić information content (AvgIpc) is 2.84. The molecule has 0 spiro atoms. The molecule has 9 nitrogen and oxygen atoms in total. The number of nitrogens with one attached hydrogen (secondary N) is 1. The highest BCUT2D eigenvalue weighted by Crippen LogP contribution is 2.20. The molecule has 0 aliphatic carbocycles. The van der Waals surface area contributed by atoms with E-state index in [1.807, 2.05) is 0 Å². The van der Waals surface area contributed by atoms with Crippen LogP contribution >= 0.6 is 11.6 Å². The Morgan fingerprint density at radius 3 is 2.64 bits per heavy atom. The van der Waals surface area contributed by atoms with Crippen LogP contribution in [-0.4, -0.2) is 68.4 Å². The number of likely N-dealkylation sites (tertiary alicyclic amines) is 1. The van der Waals surface area contributed by atoms with Gasteiger partial charge in [-0.2, -0.15) is 0 Å². The molecule has 0 bridgehead atoms. The SMILES string of the molecule is O=C(CNS(=O)(=O)c1cccc(Cl)c1)N1CC(N2C(=O)COC2=O)C1. The van der Waals surface area contributed by atoms with Gasteiger partial charge >= 0.3 is 6.09 Å². The van der Waals surface area contributed by atoms with Crippen LogP contribution < -0.4 is 4.72 Å². The van der Waals surface area contributed by atoms with Gasteiger partial charge in [-0.1, -0.05) is 17.7 Å². The Balaban J connectivity index is 1.52. The van der Waals surface area contributed by atoms with Crippen LogP contribution in [0.3, 0.4) is 0 Å². The lowest BCUT2D eigenvalue weighted by atomic mass is 10.1. The van der Waals surface area contributed by atoms with Crippen molar-refractivity contribution in [2.75, 3.05) is 26.2 Å². The molecular formula is C14H14ClN3O6S. The third kappa shape index (κ3) is 3.60. The summed E-state index contributed by atoms with van der Waals surface area (Å²) >= 11 is 5.76. The second-order valence-electron chi connectivity index (χ2n) is 5.55. The Morgan fingerprint density at radius 1 is 1.32 bits per heavy atom. The summed E-state index contributed by atoms with van der Waals surface area (Å²) in [5.74, 6) is -0.898. The van der Waals surface area contributed by atoms with Gasteiger partial charge in [0.15, 0.2) is 6.61 Å². The van der Waals surface area contributed by atoms with Crippen molar-refractivity contribution in [3.05, 3.63) is 29.3 Å². The molecule has 2 saturated heterocycles. The van der Waals surface area contributed by atoms with Crippen LogP contribution in [0.25, 0.3) is 0 Å². The normalized spacial score (nSPS) is 18.3. The van der Waals surface area contributed by atoms with E-state index in [0.717, 1.165) is 4.90 Å². The quantitative estimate of drug-likeness (QED) is 0.749. The Labute approximate surface area is 148 Å². The molecule has 0 saturated carbocycles. The van der Waals surface area contributed by atoms with Crippen molar-refractivity contribution in [1.82, 2.24) is 14.5 Å². The standard InChI is InChI=1S/C14H14ClN3O6S/c15-9-2-1-3-11(4-9)25(22,23)16-5-12(19)17-6-10(7-17)18-13(20)8-24-14(18)21/h1-4,10,16H,5-8H2. The predicted molar refractivity (Wildman–Crippen MR) is 85.2 cm³/mol. The number of hydrogen-bond donors (Lipinski definition) is 1. The second kappa shape index (κ2) is 6.62. The van der Waals surface area contributed by atoms with Crippen molar-refractivity contribution in [3.63, 3.8) is 0 Å². The Kier molecular flexibility index (Phi) is 4.67. The third-order valence-corrected chi connectivity index (χ3v) is 5.52. The monoisotopic (exact) mass is 387 g/mol. The number of carbonyl (C=O) groups excluding carboxylic acids is 3. The minimum atomic E-state index is -3.86. The lowest BCUT2D eigenvalue weighted by Crippen LogP contribution is -2.63. The highest BCUT2D eigenvalue weighted by molar-refractivity contribution is 7.89. The molecule has 3 rings (SSSR count). The van der Waals surface area contributed by atoms with Crippen molar-refractivity contribution in [2.24, 2.45) is 0 Å². The first kappa shape index (κ1) is 17.6. The molecule has 2 aliphatic heterocycles. The fourth-order valence-electron chi connectivity index (χ4n) is 2.53. The fraction of sp³-hybridized carbons (Fsp3) is 0.357. The average molecular weight is 388 g/mol. The van der Waals surface area contributed by atoms with E-state index in [2.05, 4.69) is 9.46 Å². The molecular weight excluding hydrogens is 374 g/mol. The Bertz CT molecular complexity index is 821. The molecule has 3 amide bonds. The molecule has 1 N–H and O–H groups in total. The molecule has 2 heterocycles. The number of hydrogen-bond acceptors (Lipinski definition) is 6. The Morgan fingerprint density at radius 2 is 2.04 bits per heavy atom. The summed E-state index contributed by atoms with van der Waals surface area (Å²) in [6.45, 7) is -0.417. The van der Waals surface area contributed by atoms with E-state index in [1.54, 1.807) is 0 Å². The van der Waals surface area contributed by atoms with E-state index in [9.17, 15) is 22.8 Å². The number of carbonyl (C=O) groups is 3. The number of benzene rings is 1. The summed E-state index contributed by atoms with van der Waals surface area (Å²) in [7, 11) is -3.86. The van der Waals surface area contributed by atoms with Crippen LogP contribution in [0.2, 0.25) is 5.02 Å². The molecule has 0 unspecified atom stereocenters. The summed E-state index contributed by atoms with van der Waals surface area (Å²) in [4.78, 5) is 37.3. The number of rotatable bonds is 5. The highest BCUT2D eigenvalue weighted by Gasteiger charge is 2.44. The molecule has 0 aromatic heterocycles. The minimum absolute atomic E-state index is 0.0419. The Hall–Kier alpha value is -2.17. The number of imide groups is 1. The molecule has 25 heavy (non-hydrogen) atoms. The van der Waals surface area contributed by atoms with Gasteiger partial charge in [-0.15, -0.1) is 0 Å². The molecule has 0 radical (unpaired) electrons. The molecule has 134 valence electrons. The van der Waals surface area contributed by atoms with Crippen LogP contribution in [0.1, 0.15) is 0 Å². The van der Waals surface area contributed by atoms with Crippen LogP contribution in [-0.2, 0) is 24.3 Å². The van der Waals surface area contributed by atoms with E-state index in [1.165, 1.54) is 29.2 Å². The summed E-state index contributed by atoms with van der Waals surface area (Å²) < 4.78 is 31.1. The minimum Gasteiger partial charge on any atom is -0.439 e. The predicted octanol–water partition coefficient (Wildman–Crippen LogP) is -0.192. The van der Waals surface area contributed by atoms with Crippen LogP contribution in [0.15, 0.2) is 29.2 Å². The van der Waals surface area contributed by atoms with Gasteiger partial charge in [0.25, 0.3) is 5.91 Å². The number of amides is 3. The number of halogens is 1. The number of nitrogens with zero attached hydrogens (tertiary/aromatic N) is 2. The second-order valence-corrected chi connectivity index (χ2v) is 7.76. The molecule has 1 aromatic carbocycles. The van der Waals surface area contributed by atoms with Crippen LogP contribution in [0.4, 0.5) is 4.79 Å². The van der Waals surface area contributed by atoms with Gasteiger partial charge in [-0.3, -0.25) is 9.59 Å². The largest absolute Gasteiger partial charge is 0.439 e. The first-order valence-electron chi connectivity index (χ1n) is 7.30. The van der Waals surface area contributed by atoms with Gasteiger partial charge in [-0.05, 0) is 18.2 Å². The van der Waals surface area contributed by atoms with E-state index in [0.29, 0.717) is 0 Å². The van der Waals surface area contributed by atoms with Gasteiger partial charge in [0, 0.05) is 18.1 Å². The molecule has 0 atom stereocenters. The number of cyclic esters (lactones) is 1. The lowest BCUT2D eigenvalue weighted by Gasteiger charge is -2.41. The topological polar surface area (TPSA) is 113 Å². The smallest absolute Gasteiger partial charge is 0.417 e. The van der Waals surface area contributed by atoms with Gasteiger partial charge < -0.3 is 9.64 Å². The molecule has 2 aliphatic rings. The van der Waals surface area contributed by atoms with Crippen molar-refractivity contribution in [1.29, 1.82) is 0 Å². The maximum Gasteiger partial charge on any atom is 0.417 e. The lowest BCUT2D eigenvalue weighted by molar-refractivity contribution is -0.141. The van der Waals surface area contributed by atoms with E-state index in [-0.39, 0.29) is 29.6 Å². The summed E-state index contributed by atoms with van der Waals surface area (Å²) in [6.07, 6.45) is -0.719. The first-order valence-corrected chi connectivity index (χ1v) is 9.16. The zero-order valence-electron chi connectivity index (χ0n) is 12.8. The zero-order chi connectivity index (χ0) is 18.2. The summed E-state index contributed by atoms with van der Waals surface area (Å²) in [5, 5.41) is 0.266. The number of sulfonamides is 1. The highest BCUT2D eigenvalue weighted by atomic mass is 35.5. The van der Waals surface area contributed by atoms with E-state index < -0.39 is 40.5 Å². The fourth-order valence-corrected chi connectivity index (χ4v) is 3.80. The first-order chi connectivity index (χ1) is 11.8. The summed E-state index contributed by atoms with van der Waals surface area (Å²) in [5.41, 5.74) is 0. The van der Waals surface area contributed by atoms with Gasteiger partial charge in [0.2, 0.25) is 15.9 Å². The third-order valence-electron chi connectivity index (χ3n) is 3.88. The number of ether oxygens (including phenoxy) is 1. The summed E-state index contributed by atoms with van der Waals surface area (Å²) in [6, 6.07) is 5.24. The van der Waals surface area contributed by atoms with Crippen molar-refractivity contribution in [2.45, 2.75) is 10.9 Å². The van der Waals surface area contributed by atoms with Crippen molar-refractivity contribution >= 4 is 39.5 Å². The van der Waals surface area contributed by atoms with Crippen molar-refractivity contribution in [3.8, 4) is 0 Å². The van der Waals surface area contributed by atoms with Gasteiger partial charge in [-0.25, -0.2) is 22.8 Å². The molecule has 2 fully saturated rings. The maximum atomic E-state index is 12.1. The van der Waals surface area contributed by atoms with Crippen molar-refractivity contribution < 1.29 is 27.5 Å². The van der Waals surface area contributed by atoms with E-state index >= 15 is 0 Å². The molecule has 1 aromatic rings. The van der Waals surface area contributed by atoms with Gasteiger partial charge in [0.05, 0.1) is 17.5 Å². The maximum absolute atomic E-state index is 12.1. The van der Waals surface area contributed by atoms with Gasteiger partial charge in [0.1, 0.15) is 0 Å².